The quantitative estimate of drug-likeness (QED) is 0.898. The number of halogens is 1. The Balaban J connectivity index is 2.23. The Bertz CT molecular complexity index is 459. The van der Waals surface area contributed by atoms with Gasteiger partial charge in [-0.25, -0.2) is 4.39 Å². The molecule has 1 aliphatic heterocycles. The Hall–Kier alpha value is -1.58. The van der Waals surface area contributed by atoms with Crippen molar-refractivity contribution in [1.82, 2.24) is 0 Å². The van der Waals surface area contributed by atoms with Crippen LogP contribution in [0.4, 0.5) is 10.1 Å². The number of para-hydroxylation sites is 1. The van der Waals surface area contributed by atoms with Gasteiger partial charge in [0.2, 0.25) is 0 Å². The van der Waals surface area contributed by atoms with Crippen LogP contribution in [0, 0.1) is 11.7 Å². The van der Waals surface area contributed by atoms with Gasteiger partial charge in [0.15, 0.2) is 0 Å². The number of aliphatic carboxylic acids is 1. The van der Waals surface area contributed by atoms with Crippen LogP contribution in [0.5, 0.6) is 0 Å². The van der Waals surface area contributed by atoms with Gasteiger partial charge in [-0.05, 0) is 38.3 Å². The van der Waals surface area contributed by atoms with E-state index in [9.17, 15) is 9.18 Å². The molecule has 4 heteroatoms. The first-order valence-corrected chi connectivity index (χ1v) is 6.14. The maximum Gasteiger partial charge on any atom is 0.303 e. The highest BCUT2D eigenvalue weighted by atomic mass is 19.1. The number of carbonyl (C=O) groups is 1. The van der Waals surface area contributed by atoms with E-state index >= 15 is 0 Å². The van der Waals surface area contributed by atoms with E-state index in [4.69, 9.17) is 5.11 Å². The van der Waals surface area contributed by atoms with Crippen LogP contribution >= 0.6 is 0 Å². The fraction of sp³-hybridized carbons (Fsp3) is 0.500. The lowest BCUT2D eigenvalue weighted by molar-refractivity contribution is -0.137. The maximum atomic E-state index is 13.8. The molecule has 18 heavy (non-hydrogen) atoms. The zero-order valence-corrected chi connectivity index (χ0v) is 10.7. The summed E-state index contributed by atoms with van der Waals surface area (Å²) >= 11 is 0. The van der Waals surface area contributed by atoms with E-state index in [0.717, 1.165) is 6.42 Å². The summed E-state index contributed by atoms with van der Waals surface area (Å²) in [5.41, 5.74) is 0.359. The highest BCUT2D eigenvalue weighted by Crippen LogP contribution is 2.38. The molecule has 1 unspecified atom stereocenters. The standard InChI is InChI=1S/C14H18FNO2/c1-14(2)8-10(7-13(17)18)9-16(14)12-6-4-3-5-11(12)15/h3-6,10H,7-9H2,1-2H3,(H,17,18). The molecular weight excluding hydrogens is 233 g/mol. The van der Waals surface area contributed by atoms with Gasteiger partial charge < -0.3 is 10.0 Å². The van der Waals surface area contributed by atoms with Crippen molar-refractivity contribution in [3.63, 3.8) is 0 Å². The fourth-order valence-electron chi connectivity index (χ4n) is 2.87. The minimum Gasteiger partial charge on any atom is -0.481 e. The van der Waals surface area contributed by atoms with Gasteiger partial charge in [0.25, 0.3) is 0 Å². The Morgan fingerprint density at radius 2 is 2.17 bits per heavy atom. The van der Waals surface area contributed by atoms with Crippen LogP contribution < -0.4 is 4.90 Å². The molecule has 0 bridgehead atoms. The summed E-state index contributed by atoms with van der Waals surface area (Å²) in [6.07, 6.45) is 0.919. The minimum atomic E-state index is -0.786. The normalized spacial score (nSPS) is 22.2. The summed E-state index contributed by atoms with van der Waals surface area (Å²) in [7, 11) is 0. The number of rotatable bonds is 3. The number of benzene rings is 1. The van der Waals surface area contributed by atoms with Gasteiger partial charge >= 0.3 is 5.97 Å². The van der Waals surface area contributed by atoms with Crippen molar-refractivity contribution in [2.75, 3.05) is 11.4 Å². The Kier molecular flexibility index (Phi) is 3.28. The molecule has 0 amide bonds. The van der Waals surface area contributed by atoms with Crippen molar-refractivity contribution in [2.24, 2.45) is 5.92 Å². The molecule has 0 saturated carbocycles. The SMILES string of the molecule is CC1(C)CC(CC(=O)O)CN1c1ccccc1F. The topological polar surface area (TPSA) is 40.5 Å². The summed E-state index contributed by atoms with van der Waals surface area (Å²) in [6, 6.07) is 6.66. The van der Waals surface area contributed by atoms with Gasteiger partial charge in [0.05, 0.1) is 5.69 Å². The number of carboxylic acid groups (broad SMARTS) is 1. The van der Waals surface area contributed by atoms with Gasteiger partial charge in [0, 0.05) is 18.5 Å². The lowest BCUT2D eigenvalue weighted by Gasteiger charge is -2.33. The largest absolute Gasteiger partial charge is 0.481 e. The second kappa shape index (κ2) is 4.59. The molecule has 1 fully saturated rings. The van der Waals surface area contributed by atoms with E-state index < -0.39 is 5.97 Å². The Morgan fingerprint density at radius 1 is 1.50 bits per heavy atom. The molecule has 1 N–H and O–H groups in total. The predicted octanol–water partition coefficient (Wildman–Crippen LogP) is 2.91. The van der Waals surface area contributed by atoms with Crippen LogP contribution in [0.25, 0.3) is 0 Å². The fourth-order valence-corrected chi connectivity index (χ4v) is 2.87. The molecule has 1 aromatic carbocycles. The Labute approximate surface area is 106 Å². The molecule has 1 heterocycles. The van der Waals surface area contributed by atoms with Crippen LogP contribution in [0.1, 0.15) is 26.7 Å². The molecule has 0 aliphatic carbocycles. The second-order valence-corrected chi connectivity index (χ2v) is 5.54. The molecule has 1 aliphatic rings. The van der Waals surface area contributed by atoms with E-state index in [1.807, 2.05) is 18.7 Å². The lowest BCUT2D eigenvalue weighted by atomic mass is 9.94. The van der Waals surface area contributed by atoms with Gasteiger partial charge in [-0.3, -0.25) is 4.79 Å². The van der Waals surface area contributed by atoms with Crippen molar-refractivity contribution in [2.45, 2.75) is 32.2 Å². The molecular formula is C14H18FNO2. The van der Waals surface area contributed by atoms with E-state index in [2.05, 4.69) is 0 Å². The summed E-state index contributed by atoms with van der Waals surface area (Å²) in [6.45, 7) is 4.66. The average Bonchev–Trinajstić information content (AvgIpc) is 2.53. The van der Waals surface area contributed by atoms with Crippen molar-refractivity contribution >= 4 is 11.7 Å². The molecule has 0 radical (unpaired) electrons. The molecule has 2 rings (SSSR count). The molecule has 0 aromatic heterocycles. The second-order valence-electron chi connectivity index (χ2n) is 5.54. The molecule has 0 spiro atoms. The minimum absolute atomic E-state index is 0.0807. The molecule has 98 valence electrons. The monoisotopic (exact) mass is 251 g/mol. The third kappa shape index (κ3) is 2.47. The summed E-state index contributed by atoms with van der Waals surface area (Å²) in [5.74, 6) is -0.954. The van der Waals surface area contributed by atoms with Crippen LogP contribution in [-0.2, 0) is 4.79 Å². The molecule has 1 saturated heterocycles. The number of anilines is 1. The van der Waals surface area contributed by atoms with Crippen LogP contribution in [0.2, 0.25) is 0 Å². The van der Waals surface area contributed by atoms with Gasteiger partial charge in [-0.1, -0.05) is 12.1 Å². The first-order chi connectivity index (χ1) is 8.40. The molecule has 3 nitrogen and oxygen atoms in total. The van der Waals surface area contributed by atoms with Crippen molar-refractivity contribution in [3.8, 4) is 0 Å². The van der Waals surface area contributed by atoms with E-state index in [0.29, 0.717) is 12.2 Å². The molecule has 1 atom stereocenters. The number of nitrogens with zero attached hydrogens (tertiary/aromatic N) is 1. The van der Waals surface area contributed by atoms with E-state index in [1.54, 1.807) is 18.2 Å². The van der Waals surface area contributed by atoms with E-state index in [-0.39, 0.29) is 23.7 Å². The summed E-state index contributed by atoms with van der Waals surface area (Å²) < 4.78 is 13.8. The number of hydrogen-bond donors (Lipinski definition) is 1. The molecule has 1 aromatic rings. The van der Waals surface area contributed by atoms with Crippen LogP contribution in [0.15, 0.2) is 24.3 Å². The summed E-state index contributed by atoms with van der Waals surface area (Å²) in [4.78, 5) is 12.8. The van der Waals surface area contributed by atoms with Gasteiger partial charge in [-0.2, -0.15) is 0 Å². The summed E-state index contributed by atoms with van der Waals surface area (Å²) in [5, 5.41) is 8.86. The number of carboxylic acids is 1. The van der Waals surface area contributed by atoms with Crippen molar-refractivity contribution < 1.29 is 14.3 Å². The van der Waals surface area contributed by atoms with Crippen LogP contribution in [0.3, 0.4) is 0 Å². The Morgan fingerprint density at radius 3 is 2.78 bits per heavy atom. The smallest absolute Gasteiger partial charge is 0.303 e. The lowest BCUT2D eigenvalue weighted by Crippen LogP contribution is -2.38. The van der Waals surface area contributed by atoms with E-state index in [1.165, 1.54) is 6.07 Å². The van der Waals surface area contributed by atoms with Crippen molar-refractivity contribution in [3.05, 3.63) is 30.1 Å². The highest BCUT2D eigenvalue weighted by molar-refractivity contribution is 5.67. The first kappa shape index (κ1) is 12.9. The highest BCUT2D eigenvalue weighted by Gasteiger charge is 2.39. The first-order valence-electron chi connectivity index (χ1n) is 6.14. The third-order valence-electron chi connectivity index (χ3n) is 3.57. The van der Waals surface area contributed by atoms with Gasteiger partial charge in [-0.15, -0.1) is 0 Å². The maximum absolute atomic E-state index is 13.8. The van der Waals surface area contributed by atoms with Crippen molar-refractivity contribution in [1.29, 1.82) is 0 Å². The average molecular weight is 251 g/mol. The third-order valence-corrected chi connectivity index (χ3v) is 3.57. The van der Waals surface area contributed by atoms with Gasteiger partial charge in [0.1, 0.15) is 5.82 Å². The predicted molar refractivity (Wildman–Crippen MR) is 68.2 cm³/mol. The zero-order chi connectivity index (χ0) is 13.3. The van der Waals surface area contributed by atoms with Crippen LogP contribution in [-0.4, -0.2) is 23.2 Å². The zero-order valence-electron chi connectivity index (χ0n) is 10.7. The number of hydrogen-bond acceptors (Lipinski definition) is 2.